The van der Waals surface area contributed by atoms with E-state index in [2.05, 4.69) is 16.0 Å². The maximum Gasteiger partial charge on any atom is 0.335 e. The molecule has 0 radical (unpaired) electrons. The summed E-state index contributed by atoms with van der Waals surface area (Å²) in [5.74, 6) is -4.43. The summed E-state index contributed by atoms with van der Waals surface area (Å²) >= 11 is 1.03. The van der Waals surface area contributed by atoms with Gasteiger partial charge in [0, 0.05) is 68.1 Å². The fourth-order valence-electron chi connectivity index (χ4n) is 5.74. The third-order valence-electron chi connectivity index (χ3n) is 9.76. The van der Waals surface area contributed by atoms with E-state index in [9.17, 15) is 52.7 Å². The van der Waals surface area contributed by atoms with Gasteiger partial charge in [-0.3, -0.25) is 39.5 Å². The van der Waals surface area contributed by atoms with Gasteiger partial charge in [0.2, 0.25) is 5.91 Å². The van der Waals surface area contributed by atoms with E-state index >= 15 is 0 Å². The summed E-state index contributed by atoms with van der Waals surface area (Å²) in [6, 6.07) is -10.4. The standard InChI is InChI=1S/C39H68N12O11S/c1-16-18-19-24(5)22-26(45(9)37(60)50(14)39(62)51(15)38(61)47(11)31(55)25(6)41-27(52)17-2)29(53)42-35(58)48(12)33(63-21-20-44(7)8)32(56)46(10)28(23(3)4)30(54)43-36(59)49(13)34(40)57/h16,18,23-26,28,33H,17,19-22H2,1-15H3,(H2,40,57)(H,41,52)(H,42,53,58)(H,43,54,59)/b18-16+/t24-,25-,26+,28+,33-/m1/s1. The summed E-state index contributed by atoms with van der Waals surface area (Å²) in [7, 11) is 11.6. The minimum absolute atomic E-state index is 0.0116. The second kappa shape index (κ2) is 26.6. The van der Waals surface area contributed by atoms with Gasteiger partial charge in [-0.2, -0.15) is 0 Å². The van der Waals surface area contributed by atoms with Crippen molar-refractivity contribution in [2.45, 2.75) is 84.3 Å². The molecule has 0 aliphatic rings. The molecule has 0 aliphatic carbocycles. The molecule has 63 heavy (non-hydrogen) atoms. The molecule has 356 valence electrons. The van der Waals surface area contributed by atoms with E-state index in [0.717, 1.165) is 54.7 Å². The first-order valence-electron chi connectivity index (χ1n) is 20.1. The predicted octanol–water partition coefficient (Wildman–Crippen LogP) is 1.39. The minimum atomic E-state index is -1.39. The number of thioether (sulfide) groups is 1. The van der Waals surface area contributed by atoms with Crippen LogP contribution in [0.1, 0.15) is 60.8 Å². The average molecular weight is 913 g/mol. The number of rotatable bonds is 18. The van der Waals surface area contributed by atoms with Crippen LogP contribution in [0.2, 0.25) is 0 Å². The van der Waals surface area contributed by atoms with Gasteiger partial charge < -0.3 is 30.7 Å². The molecule has 0 spiro atoms. The van der Waals surface area contributed by atoms with E-state index in [4.69, 9.17) is 5.73 Å². The van der Waals surface area contributed by atoms with Crippen molar-refractivity contribution in [1.29, 1.82) is 0 Å². The van der Waals surface area contributed by atoms with Crippen molar-refractivity contribution < 1.29 is 52.7 Å². The second-order valence-electron chi connectivity index (χ2n) is 15.5. The number of carbonyl (C=O) groups excluding carboxylic acids is 11. The average Bonchev–Trinajstić information content (AvgIpc) is 3.22. The summed E-state index contributed by atoms with van der Waals surface area (Å²) in [6.45, 7) is 10.2. The van der Waals surface area contributed by atoms with Crippen LogP contribution in [0.4, 0.5) is 28.8 Å². The summed E-state index contributed by atoms with van der Waals surface area (Å²) in [5.41, 5.74) is 5.14. The van der Waals surface area contributed by atoms with Crippen LogP contribution in [0.5, 0.6) is 0 Å². The number of amides is 17. The van der Waals surface area contributed by atoms with Crippen LogP contribution < -0.4 is 21.7 Å². The number of imide groups is 6. The molecule has 0 aromatic carbocycles. The Bertz CT molecular complexity index is 1730. The number of hydrogen-bond acceptors (Lipinski definition) is 13. The lowest BCUT2D eigenvalue weighted by molar-refractivity contribution is -0.141. The van der Waals surface area contributed by atoms with E-state index in [1.165, 1.54) is 28.1 Å². The van der Waals surface area contributed by atoms with Gasteiger partial charge in [-0.15, -0.1) is 11.8 Å². The van der Waals surface area contributed by atoms with Gasteiger partial charge in [0.05, 0.1) is 0 Å². The Morgan fingerprint density at radius 1 is 0.651 bits per heavy atom. The highest BCUT2D eigenvalue weighted by Crippen LogP contribution is 2.22. The lowest BCUT2D eigenvalue weighted by Gasteiger charge is -2.36. The zero-order valence-electron chi connectivity index (χ0n) is 39.2. The fourth-order valence-corrected chi connectivity index (χ4v) is 7.06. The first-order valence-corrected chi connectivity index (χ1v) is 21.1. The van der Waals surface area contributed by atoms with Crippen molar-refractivity contribution in [1.82, 2.24) is 55.1 Å². The molecule has 5 atom stereocenters. The first-order chi connectivity index (χ1) is 29.1. The van der Waals surface area contributed by atoms with E-state index in [0.29, 0.717) is 38.3 Å². The molecule has 0 aromatic heterocycles. The monoisotopic (exact) mass is 912 g/mol. The van der Waals surface area contributed by atoms with Gasteiger partial charge in [-0.05, 0) is 52.6 Å². The Kier molecular flexibility index (Phi) is 24.2. The molecule has 5 N–H and O–H groups in total. The lowest BCUT2D eigenvalue weighted by atomic mass is 9.97. The van der Waals surface area contributed by atoms with Gasteiger partial charge in [-0.25, -0.2) is 43.5 Å². The molecule has 0 rings (SSSR count). The van der Waals surface area contributed by atoms with E-state index in [1.807, 2.05) is 11.0 Å². The number of allylic oxidation sites excluding steroid dienone is 2. The smallest absolute Gasteiger partial charge is 0.335 e. The highest BCUT2D eigenvalue weighted by molar-refractivity contribution is 8.00. The summed E-state index contributed by atoms with van der Waals surface area (Å²) in [6.07, 6.45) is 4.19. The number of carbonyl (C=O) groups is 11. The number of nitrogens with two attached hydrogens (primary N) is 1. The SMILES string of the molecule is C/C=C/C[C@@H](C)C[C@@H](C(=O)NC(=O)N(C)[C@H](SCCN(C)C)C(=O)N(C)[C@H](C(=O)NC(=O)N(C)C(N)=O)C(C)C)N(C)C(=O)N(C)C(=O)N(C)C(=O)N(C)C(=O)[C@@H](C)NC(=O)CC. The fraction of sp³-hybridized carbons (Fsp3) is 0.667. The Morgan fingerprint density at radius 2 is 1.17 bits per heavy atom. The normalized spacial score (nSPS) is 13.4. The molecule has 0 heterocycles. The van der Waals surface area contributed by atoms with Crippen LogP contribution in [0.25, 0.3) is 0 Å². The van der Waals surface area contributed by atoms with Crippen molar-refractivity contribution in [3.8, 4) is 0 Å². The Labute approximate surface area is 374 Å². The number of nitrogens with one attached hydrogen (secondary N) is 3. The molecule has 0 bridgehead atoms. The van der Waals surface area contributed by atoms with Gasteiger partial charge >= 0.3 is 36.2 Å². The van der Waals surface area contributed by atoms with Gasteiger partial charge in [0.1, 0.15) is 18.1 Å². The van der Waals surface area contributed by atoms with E-state index in [-0.39, 0.29) is 18.8 Å². The molecule has 0 unspecified atom stereocenters. The van der Waals surface area contributed by atoms with Crippen molar-refractivity contribution >= 4 is 77.5 Å². The highest BCUT2D eigenvalue weighted by atomic mass is 32.2. The molecular formula is C39H68N12O11S. The number of nitrogens with zero attached hydrogens (tertiary/aromatic N) is 8. The summed E-state index contributed by atoms with van der Waals surface area (Å²) in [5, 5.41) is 5.41. The van der Waals surface area contributed by atoms with Crippen molar-refractivity contribution in [3.05, 3.63) is 12.2 Å². The molecule has 24 heteroatoms. The molecule has 0 saturated heterocycles. The number of primary amides is 1. The second-order valence-corrected chi connectivity index (χ2v) is 16.7. The molecule has 0 saturated carbocycles. The van der Waals surface area contributed by atoms with Crippen LogP contribution in [-0.4, -0.2) is 204 Å². The maximum absolute atomic E-state index is 14.2. The summed E-state index contributed by atoms with van der Waals surface area (Å²) in [4.78, 5) is 151. The van der Waals surface area contributed by atoms with Crippen molar-refractivity contribution in [3.63, 3.8) is 0 Å². The van der Waals surface area contributed by atoms with Crippen LogP contribution in [-0.2, 0) is 24.0 Å². The highest BCUT2D eigenvalue weighted by Gasteiger charge is 2.40. The van der Waals surface area contributed by atoms with Gasteiger partial charge in [-0.1, -0.05) is 39.8 Å². The molecular weight excluding hydrogens is 845 g/mol. The Balaban J connectivity index is 6.63. The minimum Gasteiger partial charge on any atom is -0.351 e. The zero-order valence-corrected chi connectivity index (χ0v) is 40.0. The topological polar surface area (TPSA) is 276 Å². The number of likely N-dealkylation sites (N-methyl/N-ethyl adjacent to an activating group) is 4. The van der Waals surface area contributed by atoms with E-state index < -0.39 is 95.1 Å². The summed E-state index contributed by atoms with van der Waals surface area (Å²) < 4.78 is 0. The van der Waals surface area contributed by atoms with Gasteiger partial charge in [0.15, 0.2) is 5.37 Å². The molecule has 0 fully saturated rings. The van der Waals surface area contributed by atoms with Crippen LogP contribution in [0.3, 0.4) is 0 Å². The quantitative estimate of drug-likeness (QED) is 0.112. The maximum atomic E-state index is 14.2. The predicted molar refractivity (Wildman–Crippen MR) is 236 cm³/mol. The van der Waals surface area contributed by atoms with Crippen LogP contribution >= 0.6 is 11.8 Å². The Morgan fingerprint density at radius 3 is 1.67 bits per heavy atom. The Hall–Kier alpha value is -5.78. The molecule has 23 nitrogen and oxygen atoms in total. The lowest BCUT2D eigenvalue weighted by Crippen LogP contribution is -2.60. The number of hydrogen-bond donors (Lipinski definition) is 4. The van der Waals surface area contributed by atoms with E-state index in [1.54, 1.807) is 54.8 Å². The third kappa shape index (κ3) is 17.1. The van der Waals surface area contributed by atoms with Crippen molar-refractivity contribution in [2.75, 3.05) is 75.7 Å². The number of urea groups is 6. The van der Waals surface area contributed by atoms with Crippen molar-refractivity contribution in [2.24, 2.45) is 17.6 Å². The first kappa shape index (κ1) is 57.2. The zero-order chi connectivity index (χ0) is 49.2. The molecule has 17 amide bonds. The third-order valence-corrected chi connectivity index (χ3v) is 11.0. The van der Waals surface area contributed by atoms with Gasteiger partial charge in [0.25, 0.3) is 23.6 Å². The molecule has 0 aromatic rings. The van der Waals surface area contributed by atoms with Crippen LogP contribution in [0, 0.1) is 11.8 Å². The van der Waals surface area contributed by atoms with Crippen LogP contribution in [0.15, 0.2) is 12.2 Å². The largest absolute Gasteiger partial charge is 0.351 e. The molecule has 0 aliphatic heterocycles.